The molecule has 1 N–H and O–H groups in total. The van der Waals surface area contributed by atoms with Gasteiger partial charge in [0.05, 0.1) is 12.1 Å². The van der Waals surface area contributed by atoms with E-state index in [0.29, 0.717) is 23.7 Å². The third-order valence-corrected chi connectivity index (χ3v) is 2.95. The van der Waals surface area contributed by atoms with Crippen LogP contribution < -0.4 is 10.1 Å². The highest BCUT2D eigenvalue weighted by atomic mass is 16.5. The smallest absolute Gasteiger partial charge is 0.261 e. The first-order chi connectivity index (χ1) is 10.3. The van der Waals surface area contributed by atoms with Crippen molar-refractivity contribution in [2.75, 3.05) is 11.9 Å². The van der Waals surface area contributed by atoms with E-state index in [9.17, 15) is 4.79 Å². The molecule has 0 bridgehead atoms. The van der Waals surface area contributed by atoms with Gasteiger partial charge < -0.3 is 10.1 Å². The maximum absolute atomic E-state index is 12.3. The van der Waals surface area contributed by atoms with E-state index in [4.69, 9.17) is 4.74 Å². The van der Waals surface area contributed by atoms with E-state index in [-0.39, 0.29) is 5.91 Å². The van der Waals surface area contributed by atoms with Crippen molar-refractivity contribution in [1.29, 1.82) is 0 Å². The van der Waals surface area contributed by atoms with Gasteiger partial charge >= 0.3 is 0 Å². The summed E-state index contributed by atoms with van der Waals surface area (Å²) in [4.78, 5) is 16.4. The summed E-state index contributed by atoms with van der Waals surface area (Å²) in [6, 6.07) is 8.89. The Balaban J connectivity index is 1.85. The molecule has 0 saturated carbocycles. The zero-order chi connectivity index (χ0) is 14.7. The Labute approximate surface area is 121 Å². The summed E-state index contributed by atoms with van der Waals surface area (Å²) < 4.78 is 7.10. The molecule has 0 aliphatic carbocycles. The molecule has 3 heterocycles. The van der Waals surface area contributed by atoms with Crippen LogP contribution in [0.1, 0.15) is 17.3 Å². The van der Waals surface area contributed by atoms with Gasteiger partial charge in [-0.2, -0.15) is 5.10 Å². The molecule has 0 spiro atoms. The molecule has 0 saturated heterocycles. The lowest BCUT2D eigenvalue weighted by Gasteiger charge is -2.09. The zero-order valence-corrected chi connectivity index (χ0v) is 11.5. The Morgan fingerprint density at radius 1 is 1.33 bits per heavy atom. The summed E-state index contributed by atoms with van der Waals surface area (Å²) in [7, 11) is 0. The predicted molar refractivity (Wildman–Crippen MR) is 78.6 cm³/mol. The summed E-state index contributed by atoms with van der Waals surface area (Å²) in [5.41, 5.74) is 2.01. The molecule has 21 heavy (non-hydrogen) atoms. The van der Waals surface area contributed by atoms with Crippen molar-refractivity contribution in [2.24, 2.45) is 0 Å². The van der Waals surface area contributed by atoms with Crippen molar-refractivity contribution < 1.29 is 9.53 Å². The van der Waals surface area contributed by atoms with Crippen LogP contribution in [0.4, 0.5) is 5.69 Å². The highest BCUT2D eigenvalue weighted by Crippen LogP contribution is 2.17. The van der Waals surface area contributed by atoms with E-state index in [1.165, 1.54) is 0 Å². The minimum atomic E-state index is -0.254. The Hall–Kier alpha value is -2.89. The predicted octanol–water partition coefficient (Wildman–Crippen LogP) is 2.38. The first kappa shape index (κ1) is 13.1. The molecule has 106 valence electrons. The first-order valence-corrected chi connectivity index (χ1v) is 6.60. The van der Waals surface area contributed by atoms with Crippen molar-refractivity contribution >= 4 is 17.1 Å². The number of hydrogen-bond acceptors (Lipinski definition) is 4. The molecule has 0 radical (unpaired) electrons. The van der Waals surface area contributed by atoms with Crippen molar-refractivity contribution in [3.63, 3.8) is 0 Å². The lowest BCUT2D eigenvalue weighted by molar-refractivity contribution is 0.102. The summed E-state index contributed by atoms with van der Waals surface area (Å²) in [5.74, 6) is 0.0818. The van der Waals surface area contributed by atoms with Crippen LogP contribution in [0.25, 0.3) is 5.52 Å². The van der Waals surface area contributed by atoms with E-state index in [1.807, 2.05) is 19.1 Å². The number of pyridine rings is 2. The minimum Gasteiger partial charge on any atom is -0.477 e. The molecule has 0 aromatic carbocycles. The monoisotopic (exact) mass is 282 g/mol. The van der Waals surface area contributed by atoms with Crippen LogP contribution in [0.5, 0.6) is 5.88 Å². The van der Waals surface area contributed by atoms with Crippen LogP contribution in [0.3, 0.4) is 0 Å². The topological polar surface area (TPSA) is 68.5 Å². The van der Waals surface area contributed by atoms with Gasteiger partial charge in [-0.3, -0.25) is 4.79 Å². The number of nitrogens with zero attached hydrogens (tertiary/aromatic N) is 3. The van der Waals surface area contributed by atoms with Gasteiger partial charge in [-0.15, -0.1) is 0 Å². The van der Waals surface area contributed by atoms with Crippen LogP contribution >= 0.6 is 0 Å². The van der Waals surface area contributed by atoms with Crippen LogP contribution in [-0.4, -0.2) is 27.1 Å². The van der Waals surface area contributed by atoms with Gasteiger partial charge in [0, 0.05) is 24.3 Å². The second-order valence-corrected chi connectivity index (χ2v) is 4.36. The maximum atomic E-state index is 12.3. The van der Waals surface area contributed by atoms with Gasteiger partial charge in [-0.25, -0.2) is 9.50 Å². The summed E-state index contributed by atoms with van der Waals surface area (Å²) in [5, 5.41) is 6.95. The van der Waals surface area contributed by atoms with E-state index < -0.39 is 0 Å². The molecular weight excluding hydrogens is 268 g/mol. The molecule has 0 atom stereocenters. The molecule has 6 heteroatoms. The third-order valence-electron chi connectivity index (χ3n) is 2.95. The molecule has 0 aliphatic rings. The summed E-state index contributed by atoms with van der Waals surface area (Å²) >= 11 is 0. The Kier molecular flexibility index (Phi) is 3.51. The number of anilines is 1. The van der Waals surface area contributed by atoms with E-state index >= 15 is 0 Å². The van der Waals surface area contributed by atoms with Crippen molar-refractivity contribution in [1.82, 2.24) is 14.6 Å². The van der Waals surface area contributed by atoms with Crippen LogP contribution in [0.15, 0.2) is 48.9 Å². The summed E-state index contributed by atoms with van der Waals surface area (Å²) in [6.07, 6.45) is 5.09. The number of carbonyl (C=O) groups excluding carboxylic acids is 1. The number of amides is 1. The fourth-order valence-corrected chi connectivity index (χ4v) is 2.01. The quantitative estimate of drug-likeness (QED) is 0.797. The number of nitrogens with one attached hydrogen (secondary N) is 1. The van der Waals surface area contributed by atoms with Crippen LogP contribution in [0, 0.1) is 0 Å². The Morgan fingerprint density at radius 3 is 3.10 bits per heavy atom. The van der Waals surface area contributed by atoms with Crippen LogP contribution in [0.2, 0.25) is 0 Å². The molecule has 3 rings (SSSR count). The van der Waals surface area contributed by atoms with Gasteiger partial charge in [0.1, 0.15) is 5.56 Å². The lowest BCUT2D eigenvalue weighted by Crippen LogP contribution is -2.14. The maximum Gasteiger partial charge on any atom is 0.261 e. The number of ether oxygens (including phenoxy) is 1. The summed E-state index contributed by atoms with van der Waals surface area (Å²) in [6.45, 7) is 2.31. The minimum absolute atomic E-state index is 0.254. The number of fused-ring (bicyclic) bond motifs is 1. The van der Waals surface area contributed by atoms with Gasteiger partial charge in [-0.05, 0) is 37.3 Å². The molecule has 0 fully saturated rings. The first-order valence-electron chi connectivity index (χ1n) is 6.60. The fraction of sp³-hybridized carbons (Fsp3) is 0.133. The largest absolute Gasteiger partial charge is 0.477 e. The number of rotatable bonds is 4. The van der Waals surface area contributed by atoms with Gasteiger partial charge in [0.2, 0.25) is 5.88 Å². The van der Waals surface area contributed by atoms with Crippen LogP contribution in [-0.2, 0) is 0 Å². The standard InChI is InChI=1S/C15H14N4O2/c1-2-21-15-13(4-3-7-16-15)14(20)18-11-6-9-19-12(10-11)5-8-17-19/h3-10H,2H2,1H3,(H,18,20). The zero-order valence-electron chi connectivity index (χ0n) is 11.5. The molecular formula is C15H14N4O2. The Bertz CT molecular complexity index is 782. The molecule has 3 aromatic rings. The number of hydrogen-bond donors (Lipinski definition) is 1. The lowest BCUT2D eigenvalue weighted by atomic mass is 10.2. The molecule has 3 aromatic heterocycles. The van der Waals surface area contributed by atoms with E-state index in [1.54, 1.807) is 41.3 Å². The third kappa shape index (κ3) is 2.69. The molecule has 0 unspecified atom stereocenters. The number of carbonyl (C=O) groups is 1. The van der Waals surface area contributed by atoms with E-state index in [2.05, 4.69) is 15.4 Å². The average Bonchev–Trinajstić information content (AvgIpc) is 2.95. The van der Waals surface area contributed by atoms with Gasteiger partial charge in [0.15, 0.2) is 0 Å². The van der Waals surface area contributed by atoms with Crippen molar-refractivity contribution in [2.45, 2.75) is 6.92 Å². The second-order valence-electron chi connectivity index (χ2n) is 4.36. The Morgan fingerprint density at radius 2 is 2.24 bits per heavy atom. The van der Waals surface area contributed by atoms with Gasteiger partial charge in [0.25, 0.3) is 5.91 Å². The van der Waals surface area contributed by atoms with Crippen molar-refractivity contribution in [3.8, 4) is 5.88 Å². The van der Waals surface area contributed by atoms with Crippen molar-refractivity contribution in [3.05, 3.63) is 54.5 Å². The number of aromatic nitrogens is 3. The van der Waals surface area contributed by atoms with Gasteiger partial charge in [-0.1, -0.05) is 0 Å². The molecule has 6 nitrogen and oxygen atoms in total. The highest BCUT2D eigenvalue weighted by Gasteiger charge is 2.13. The average molecular weight is 282 g/mol. The fourth-order valence-electron chi connectivity index (χ4n) is 2.01. The molecule has 1 amide bonds. The second kappa shape index (κ2) is 5.62. The normalized spacial score (nSPS) is 10.5. The molecule has 0 aliphatic heterocycles. The van der Waals surface area contributed by atoms with E-state index in [0.717, 1.165) is 5.52 Å². The SMILES string of the molecule is CCOc1ncccc1C(=O)Nc1ccn2nccc2c1. The highest BCUT2D eigenvalue weighted by molar-refractivity contribution is 6.06.